The molecule has 8 nitrogen and oxygen atoms in total. The summed E-state index contributed by atoms with van der Waals surface area (Å²) in [5.41, 5.74) is -1.79. The molecule has 1 aromatic carbocycles. The van der Waals surface area contributed by atoms with Crippen molar-refractivity contribution in [3.05, 3.63) is 45.5 Å². The molecular formula is C15H11ClN2O6. The van der Waals surface area contributed by atoms with E-state index in [1.165, 1.54) is 12.1 Å². The standard InChI is InChI=1S/C15H11ClN2O6/c16-7-1-2-8(9(5-7)18(22)23)17-13(20)11-10-3-4-15(6-19,24-10)12(11)14(17)21/h1-5,10-12,19H,6H2. The van der Waals surface area contributed by atoms with Gasteiger partial charge in [0.2, 0.25) is 11.8 Å². The minimum atomic E-state index is -1.24. The first kappa shape index (κ1) is 15.3. The average Bonchev–Trinajstić information content (AvgIpc) is 3.19. The normalized spacial score (nSPS) is 33.4. The molecule has 9 heteroatoms. The molecule has 2 fully saturated rings. The molecule has 0 radical (unpaired) electrons. The molecule has 3 aliphatic heterocycles. The Labute approximate surface area is 140 Å². The van der Waals surface area contributed by atoms with Gasteiger partial charge in [-0.1, -0.05) is 23.8 Å². The van der Waals surface area contributed by atoms with Gasteiger partial charge in [-0.15, -0.1) is 0 Å². The number of aliphatic hydroxyl groups excluding tert-OH is 1. The number of carbonyl (C=O) groups is 2. The Bertz CT molecular complexity index is 824. The molecule has 24 heavy (non-hydrogen) atoms. The number of aliphatic hydroxyl groups is 1. The summed E-state index contributed by atoms with van der Waals surface area (Å²) in [5, 5.41) is 21.0. The van der Waals surface area contributed by atoms with Gasteiger partial charge in [0.25, 0.3) is 5.69 Å². The van der Waals surface area contributed by atoms with Gasteiger partial charge in [0.05, 0.1) is 29.5 Å². The molecule has 2 saturated heterocycles. The minimum absolute atomic E-state index is 0.124. The highest BCUT2D eigenvalue weighted by Crippen LogP contribution is 2.53. The van der Waals surface area contributed by atoms with Gasteiger partial charge in [0.15, 0.2) is 0 Å². The third-order valence-corrected chi connectivity index (χ3v) is 5.01. The Morgan fingerprint density at radius 1 is 1.38 bits per heavy atom. The van der Waals surface area contributed by atoms with E-state index in [1.54, 1.807) is 12.2 Å². The molecule has 4 unspecified atom stereocenters. The van der Waals surface area contributed by atoms with E-state index >= 15 is 0 Å². The molecular weight excluding hydrogens is 340 g/mol. The van der Waals surface area contributed by atoms with Crippen LogP contribution >= 0.6 is 11.6 Å². The number of benzene rings is 1. The average molecular weight is 351 g/mol. The van der Waals surface area contributed by atoms with E-state index in [-0.39, 0.29) is 10.7 Å². The fourth-order valence-electron chi connectivity index (χ4n) is 3.75. The number of hydrogen-bond acceptors (Lipinski definition) is 6. The van der Waals surface area contributed by atoms with E-state index in [4.69, 9.17) is 16.3 Å². The van der Waals surface area contributed by atoms with Crippen molar-refractivity contribution >= 4 is 34.8 Å². The summed E-state index contributed by atoms with van der Waals surface area (Å²) in [5.74, 6) is -2.86. The third kappa shape index (κ3) is 1.75. The van der Waals surface area contributed by atoms with E-state index < -0.39 is 52.6 Å². The van der Waals surface area contributed by atoms with E-state index in [2.05, 4.69) is 0 Å². The van der Waals surface area contributed by atoms with Crippen LogP contribution in [0, 0.1) is 22.0 Å². The Kier molecular flexibility index (Phi) is 3.08. The maximum absolute atomic E-state index is 12.8. The number of amides is 2. The second-order valence-corrected chi connectivity index (χ2v) is 6.40. The van der Waals surface area contributed by atoms with E-state index in [1.807, 2.05) is 0 Å². The second kappa shape index (κ2) is 4.85. The quantitative estimate of drug-likeness (QED) is 0.377. The van der Waals surface area contributed by atoms with Crippen molar-refractivity contribution in [2.75, 3.05) is 11.5 Å². The number of fused-ring (bicyclic) bond motifs is 5. The van der Waals surface area contributed by atoms with Crippen LogP contribution in [0.2, 0.25) is 5.02 Å². The molecule has 0 aromatic heterocycles. The van der Waals surface area contributed by atoms with Gasteiger partial charge in [-0.2, -0.15) is 0 Å². The fraction of sp³-hybridized carbons (Fsp3) is 0.333. The van der Waals surface area contributed by atoms with E-state index in [0.717, 1.165) is 11.0 Å². The van der Waals surface area contributed by atoms with Gasteiger partial charge in [0, 0.05) is 11.1 Å². The number of imide groups is 1. The molecule has 4 atom stereocenters. The topological polar surface area (TPSA) is 110 Å². The lowest BCUT2D eigenvalue weighted by molar-refractivity contribution is -0.384. The summed E-state index contributed by atoms with van der Waals surface area (Å²) in [6, 6.07) is 3.75. The number of nitrogens with zero attached hydrogens (tertiary/aromatic N) is 2. The number of hydrogen-bond donors (Lipinski definition) is 1. The highest BCUT2D eigenvalue weighted by Gasteiger charge is 2.68. The Morgan fingerprint density at radius 2 is 2.12 bits per heavy atom. The molecule has 1 N–H and O–H groups in total. The number of halogens is 1. The van der Waals surface area contributed by atoms with Crippen LogP contribution in [0.25, 0.3) is 0 Å². The number of nitro groups is 1. The van der Waals surface area contributed by atoms with Crippen LogP contribution in [0.4, 0.5) is 11.4 Å². The van der Waals surface area contributed by atoms with Crippen LogP contribution in [0.15, 0.2) is 30.4 Å². The van der Waals surface area contributed by atoms with E-state index in [0.29, 0.717) is 0 Å². The lowest BCUT2D eigenvalue weighted by atomic mass is 9.77. The first-order valence-electron chi connectivity index (χ1n) is 7.19. The van der Waals surface area contributed by atoms with Crippen LogP contribution in [-0.2, 0) is 14.3 Å². The zero-order chi connectivity index (χ0) is 17.2. The molecule has 1 aromatic rings. The lowest BCUT2D eigenvalue weighted by Crippen LogP contribution is -2.43. The van der Waals surface area contributed by atoms with Crippen LogP contribution in [0.5, 0.6) is 0 Å². The summed E-state index contributed by atoms with van der Waals surface area (Å²) in [6.07, 6.45) is 2.61. The van der Waals surface area contributed by atoms with Crippen molar-refractivity contribution in [2.45, 2.75) is 11.7 Å². The van der Waals surface area contributed by atoms with Gasteiger partial charge >= 0.3 is 0 Å². The molecule has 3 aliphatic rings. The van der Waals surface area contributed by atoms with Gasteiger partial charge in [-0.25, -0.2) is 4.90 Å². The van der Waals surface area contributed by atoms with Crippen molar-refractivity contribution in [3.63, 3.8) is 0 Å². The first-order chi connectivity index (χ1) is 11.4. The van der Waals surface area contributed by atoms with E-state index in [9.17, 15) is 24.8 Å². The van der Waals surface area contributed by atoms with Crippen LogP contribution in [-0.4, -0.2) is 40.2 Å². The Balaban J connectivity index is 1.82. The van der Waals surface area contributed by atoms with Crippen molar-refractivity contribution < 1.29 is 24.4 Å². The summed E-state index contributed by atoms with van der Waals surface area (Å²) in [6.45, 7) is -0.448. The largest absolute Gasteiger partial charge is 0.393 e. The molecule has 3 heterocycles. The van der Waals surface area contributed by atoms with Gasteiger partial charge in [0.1, 0.15) is 11.3 Å². The Morgan fingerprint density at radius 3 is 2.79 bits per heavy atom. The maximum atomic E-state index is 12.8. The molecule has 0 aliphatic carbocycles. The smallest absolute Gasteiger partial charge is 0.294 e. The molecule has 2 amide bonds. The first-order valence-corrected chi connectivity index (χ1v) is 7.57. The van der Waals surface area contributed by atoms with Gasteiger partial charge in [-0.05, 0) is 12.1 Å². The van der Waals surface area contributed by atoms with Crippen molar-refractivity contribution in [2.24, 2.45) is 11.8 Å². The van der Waals surface area contributed by atoms with Crippen LogP contribution < -0.4 is 4.90 Å². The SMILES string of the molecule is O=C1C2C3C=CC(CO)(O3)C2C(=O)N1c1ccc(Cl)cc1[N+](=O)[O-]. The molecule has 124 valence electrons. The highest BCUT2D eigenvalue weighted by molar-refractivity contribution is 6.31. The summed E-state index contributed by atoms with van der Waals surface area (Å²) in [4.78, 5) is 37.0. The fourth-order valence-corrected chi connectivity index (χ4v) is 3.92. The maximum Gasteiger partial charge on any atom is 0.294 e. The summed E-state index contributed by atoms with van der Waals surface area (Å²) < 4.78 is 5.61. The Hall–Kier alpha value is -2.29. The number of rotatable bonds is 3. The molecule has 0 saturated carbocycles. The number of nitro benzene ring substituents is 1. The summed E-state index contributed by atoms with van der Waals surface area (Å²) in [7, 11) is 0. The van der Waals surface area contributed by atoms with Crippen molar-refractivity contribution in [1.29, 1.82) is 0 Å². The monoisotopic (exact) mass is 350 g/mol. The highest BCUT2D eigenvalue weighted by atomic mass is 35.5. The second-order valence-electron chi connectivity index (χ2n) is 5.96. The molecule has 2 bridgehead atoms. The summed E-state index contributed by atoms with van der Waals surface area (Å²) >= 11 is 5.78. The number of anilines is 1. The van der Waals surface area contributed by atoms with Crippen LogP contribution in [0.3, 0.4) is 0 Å². The van der Waals surface area contributed by atoms with Crippen molar-refractivity contribution in [3.8, 4) is 0 Å². The van der Waals surface area contributed by atoms with Gasteiger partial charge in [-0.3, -0.25) is 19.7 Å². The number of carbonyl (C=O) groups excluding carboxylic acids is 2. The minimum Gasteiger partial charge on any atom is -0.393 e. The predicted octanol–water partition coefficient (Wildman–Crippen LogP) is 1.05. The third-order valence-electron chi connectivity index (χ3n) is 4.78. The molecule has 0 spiro atoms. The zero-order valence-corrected chi connectivity index (χ0v) is 12.8. The number of ether oxygens (including phenoxy) is 1. The predicted molar refractivity (Wildman–Crippen MR) is 81.4 cm³/mol. The van der Waals surface area contributed by atoms with Crippen molar-refractivity contribution in [1.82, 2.24) is 0 Å². The molecule has 4 rings (SSSR count). The van der Waals surface area contributed by atoms with Crippen LogP contribution in [0.1, 0.15) is 0 Å². The lowest BCUT2D eigenvalue weighted by Gasteiger charge is -2.26. The van der Waals surface area contributed by atoms with Gasteiger partial charge < -0.3 is 9.84 Å². The zero-order valence-electron chi connectivity index (χ0n) is 12.1.